The summed E-state index contributed by atoms with van der Waals surface area (Å²) >= 11 is 0. The van der Waals surface area contributed by atoms with Gasteiger partial charge in [0.2, 0.25) is 11.8 Å². The highest BCUT2D eigenvalue weighted by atomic mass is 16.2. The van der Waals surface area contributed by atoms with Crippen LogP contribution >= 0.6 is 0 Å². The van der Waals surface area contributed by atoms with Crippen LogP contribution in [0.5, 0.6) is 0 Å². The summed E-state index contributed by atoms with van der Waals surface area (Å²) in [4.78, 5) is 25.0. The van der Waals surface area contributed by atoms with Gasteiger partial charge in [-0.15, -0.1) is 0 Å². The molecule has 0 spiro atoms. The molecule has 54 heavy (non-hydrogen) atoms. The number of amides is 2. The summed E-state index contributed by atoms with van der Waals surface area (Å²) in [6, 6.07) is 18.1. The van der Waals surface area contributed by atoms with Crippen molar-refractivity contribution in [2.75, 3.05) is 20.1 Å². The molecule has 4 heteroatoms. The van der Waals surface area contributed by atoms with E-state index in [-0.39, 0.29) is 5.91 Å². The van der Waals surface area contributed by atoms with Gasteiger partial charge in [0, 0.05) is 32.6 Å². The standard InChI is InChI=1S/C41H57NO.C7H13NO.C2H6/c1-9-11-16-37(35-17-13-18-35)26-32(7)41(29(3)4)38-19-12-15-34(27-38)25-30(5)24-33-20-22-36(23-21-33)39(28-40(43)42-8)31(6)14-10-2;1-2-5-8-6-3-4-7(8)9;1-2/h12,15-16,19-23,26-28,30-31,35H,9-11,13-14,17-18,24-25H2,1-8H3,(H,42,43);2-6H2,1H3;1-2H3/b32-26-,37-16-,39-28+;;. The van der Waals surface area contributed by atoms with Gasteiger partial charge < -0.3 is 10.2 Å². The number of nitrogens with one attached hydrogen (secondary N) is 1. The molecule has 298 valence electrons. The lowest BCUT2D eigenvalue weighted by Crippen LogP contribution is -2.24. The van der Waals surface area contributed by atoms with Gasteiger partial charge in [-0.1, -0.05) is 134 Å². The second-order valence-electron chi connectivity index (χ2n) is 15.6. The number of unbranched alkanes of at least 4 members (excludes halogenated alkanes) is 1. The van der Waals surface area contributed by atoms with Crippen LogP contribution in [0.15, 0.2) is 83.5 Å². The summed E-state index contributed by atoms with van der Waals surface area (Å²) < 4.78 is 0. The first-order chi connectivity index (χ1) is 26.0. The monoisotopic (exact) mass is 737 g/mol. The second-order valence-corrected chi connectivity index (χ2v) is 15.6. The van der Waals surface area contributed by atoms with Crippen molar-refractivity contribution in [3.8, 4) is 0 Å². The number of allylic oxidation sites excluding steroid dienone is 7. The number of likely N-dealkylation sites (tertiary alicyclic amines) is 1. The van der Waals surface area contributed by atoms with Crippen molar-refractivity contribution >= 4 is 23.0 Å². The van der Waals surface area contributed by atoms with Crippen molar-refractivity contribution in [1.29, 1.82) is 0 Å². The average Bonchev–Trinajstić information content (AvgIpc) is 3.54. The maximum absolute atomic E-state index is 12.2. The second kappa shape index (κ2) is 25.4. The maximum atomic E-state index is 12.2. The van der Waals surface area contributed by atoms with Gasteiger partial charge in [-0.25, -0.2) is 0 Å². The topological polar surface area (TPSA) is 49.4 Å². The van der Waals surface area contributed by atoms with Crippen molar-refractivity contribution in [3.05, 3.63) is 106 Å². The summed E-state index contributed by atoms with van der Waals surface area (Å²) in [5, 5.41) is 2.75. The maximum Gasteiger partial charge on any atom is 0.244 e. The molecule has 0 aromatic heterocycles. The van der Waals surface area contributed by atoms with E-state index in [1.807, 2.05) is 18.7 Å². The molecular weight excluding hydrogens is 661 g/mol. The van der Waals surface area contributed by atoms with Crippen LogP contribution in [0.25, 0.3) is 11.1 Å². The molecule has 0 radical (unpaired) electrons. The highest BCUT2D eigenvalue weighted by Crippen LogP contribution is 2.37. The number of likely N-dealkylation sites (N-methyl/N-ethyl adjacent to an activating group) is 1. The molecule has 0 bridgehead atoms. The molecule has 1 saturated heterocycles. The van der Waals surface area contributed by atoms with E-state index in [0.29, 0.717) is 17.7 Å². The van der Waals surface area contributed by atoms with Crippen LogP contribution < -0.4 is 5.32 Å². The number of rotatable bonds is 17. The van der Waals surface area contributed by atoms with E-state index in [4.69, 9.17) is 0 Å². The van der Waals surface area contributed by atoms with E-state index in [0.717, 1.165) is 75.1 Å². The predicted octanol–water partition coefficient (Wildman–Crippen LogP) is 13.0. The van der Waals surface area contributed by atoms with Gasteiger partial charge in [0.1, 0.15) is 0 Å². The van der Waals surface area contributed by atoms with Crippen LogP contribution in [0, 0.1) is 17.8 Å². The summed E-state index contributed by atoms with van der Waals surface area (Å²) in [5.74, 6) is 1.93. The van der Waals surface area contributed by atoms with Crippen LogP contribution in [0.2, 0.25) is 0 Å². The number of hydrogen-bond acceptors (Lipinski definition) is 2. The summed E-state index contributed by atoms with van der Waals surface area (Å²) in [6.45, 7) is 23.9. The molecule has 2 aromatic carbocycles. The van der Waals surface area contributed by atoms with Gasteiger partial charge in [-0.2, -0.15) is 0 Å². The predicted molar refractivity (Wildman–Crippen MR) is 235 cm³/mol. The summed E-state index contributed by atoms with van der Waals surface area (Å²) in [5.41, 5.74) is 12.1. The Bertz CT molecular complexity index is 1550. The Hall–Kier alpha value is -3.66. The molecule has 2 unspecified atom stereocenters. The van der Waals surface area contributed by atoms with Crippen LogP contribution in [-0.2, 0) is 22.4 Å². The molecule has 1 aliphatic heterocycles. The lowest BCUT2D eigenvalue weighted by Gasteiger charge is -2.27. The fraction of sp³-hybridized carbons (Fsp3) is 0.560. The molecule has 1 N–H and O–H groups in total. The summed E-state index contributed by atoms with van der Waals surface area (Å²) in [6.07, 6.45) is 20.4. The number of carbonyl (C=O) groups is 2. The molecule has 4 rings (SSSR count). The zero-order valence-electron chi connectivity index (χ0n) is 36.2. The lowest BCUT2D eigenvalue weighted by molar-refractivity contribution is -0.127. The molecule has 2 aliphatic rings. The molecule has 1 aliphatic carbocycles. The normalized spacial score (nSPS) is 16.0. The van der Waals surface area contributed by atoms with E-state index in [9.17, 15) is 9.59 Å². The lowest BCUT2D eigenvalue weighted by atomic mass is 9.78. The minimum atomic E-state index is -0.0356. The summed E-state index contributed by atoms with van der Waals surface area (Å²) in [7, 11) is 1.69. The van der Waals surface area contributed by atoms with E-state index in [2.05, 4.69) is 121 Å². The number of benzene rings is 2. The zero-order chi connectivity index (χ0) is 40.0. The molecule has 4 nitrogen and oxygen atoms in total. The highest BCUT2D eigenvalue weighted by Gasteiger charge is 2.21. The van der Waals surface area contributed by atoms with Crippen LogP contribution in [0.4, 0.5) is 0 Å². The molecule has 1 heterocycles. The Kier molecular flexibility index (Phi) is 21.9. The minimum absolute atomic E-state index is 0.0356. The Morgan fingerprint density at radius 1 is 0.870 bits per heavy atom. The van der Waals surface area contributed by atoms with Crippen LogP contribution in [0.1, 0.15) is 156 Å². The average molecular weight is 737 g/mol. The van der Waals surface area contributed by atoms with Crippen LogP contribution in [-0.4, -0.2) is 36.9 Å². The third kappa shape index (κ3) is 15.2. The third-order valence-corrected chi connectivity index (χ3v) is 10.6. The van der Waals surface area contributed by atoms with Gasteiger partial charge in [0.15, 0.2) is 0 Å². The van der Waals surface area contributed by atoms with Crippen molar-refractivity contribution in [2.24, 2.45) is 17.8 Å². The van der Waals surface area contributed by atoms with E-state index < -0.39 is 0 Å². The Morgan fingerprint density at radius 3 is 2.09 bits per heavy atom. The Morgan fingerprint density at radius 2 is 1.56 bits per heavy atom. The van der Waals surface area contributed by atoms with Crippen molar-refractivity contribution in [2.45, 2.75) is 146 Å². The van der Waals surface area contributed by atoms with Gasteiger partial charge in [0.25, 0.3) is 0 Å². The number of carbonyl (C=O) groups excluding carboxylic acids is 2. The minimum Gasteiger partial charge on any atom is -0.356 e. The first kappa shape index (κ1) is 46.5. The van der Waals surface area contributed by atoms with Crippen molar-refractivity contribution in [3.63, 3.8) is 0 Å². The largest absolute Gasteiger partial charge is 0.356 e. The Balaban J connectivity index is 0.000000790. The zero-order valence-corrected chi connectivity index (χ0v) is 36.2. The quantitative estimate of drug-likeness (QED) is 0.130. The Labute approximate surface area is 331 Å². The van der Waals surface area contributed by atoms with Gasteiger partial charge in [-0.3, -0.25) is 9.59 Å². The van der Waals surface area contributed by atoms with E-state index >= 15 is 0 Å². The molecule has 2 atom stereocenters. The van der Waals surface area contributed by atoms with Gasteiger partial charge in [0.05, 0.1) is 0 Å². The van der Waals surface area contributed by atoms with Gasteiger partial charge in [-0.05, 0) is 134 Å². The van der Waals surface area contributed by atoms with Gasteiger partial charge >= 0.3 is 0 Å². The molecule has 1 saturated carbocycles. The number of nitrogens with zero attached hydrogens (tertiary/aromatic N) is 1. The molecule has 2 fully saturated rings. The fourth-order valence-electron chi connectivity index (χ4n) is 7.72. The van der Waals surface area contributed by atoms with Crippen LogP contribution in [0.3, 0.4) is 0 Å². The number of hydrogen-bond donors (Lipinski definition) is 1. The molecule has 2 amide bonds. The van der Waals surface area contributed by atoms with E-state index in [1.54, 1.807) is 18.7 Å². The fourth-order valence-corrected chi connectivity index (χ4v) is 7.72. The highest BCUT2D eigenvalue weighted by molar-refractivity contribution is 5.95. The first-order valence-electron chi connectivity index (χ1n) is 21.5. The first-order valence-corrected chi connectivity index (χ1v) is 21.5. The SMILES string of the molecule is CC.CCC/C=C(/C=C(/C)C(=C(C)C)c1cccc(CC(C)Cc2ccc(/C(=C/C(=O)NC)C(C)CCC)cc2)c1)C1CCC1.CCCN1CCCC1=O. The molecular formula is C50H76N2O2. The van der Waals surface area contributed by atoms with E-state index in [1.165, 1.54) is 65.5 Å². The third-order valence-electron chi connectivity index (χ3n) is 10.6. The van der Waals surface area contributed by atoms with Crippen molar-refractivity contribution < 1.29 is 9.59 Å². The smallest absolute Gasteiger partial charge is 0.244 e. The molecule has 2 aromatic rings. The van der Waals surface area contributed by atoms with Crippen molar-refractivity contribution in [1.82, 2.24) is 10.2 Å².